The number of benzene rings is 3. The van der Waals surface area contributed by atoms with Crippen molar-refractivity contribution in [1.82, 2.24) is 15.4 Å². The summed E-state index contributed by atoms with van der Waals surface area (Å²) in [5, 5.41) is 0.973. The van der Waals surface area contributed by atoms with Crippen molar-refractivity contribution in [2.75, 3.05) is 6.61 Å². The quantitative estimate of drug-likeness (QED) is 0.287. The number of ether oxygens (including phenoxy) is 1. The van der Waals surface area contributed by atoms with Crippen molar-refractivity contribution in [3.05, 3.63) is 94.6 Å². The molecule has 0 fully saturated rings. The van der Waals surface area contributed by atoms with Gasteiger partial charge in [-0.15, -0.1) is 0 Å². The molecular weight excluding hydrogens is 410 g/mol. The normalized spacial score (nSPS) is 10.6. The van der Waals surface area contributed by atoms with E-state index in [4.69, 9.17) is 4.74 Å². The second kappa shape index (κ2) is 9.13. The number of fused-ring (bicyclic) bond motifs is 2. The Labute approximate surface area is 182 Å². The van der Waals surface area contributed by atoms with Crippen molar-refractivity contribution in [2.24, 2.45) is 0 Å². The Morgan fingerprint density at radius 2 is 1.31 bits per heavy atom. The third kappa shape index (κ3) is 4.34. The first-order valence-electron chi connectivity index (χ1n) is 9.85. The largest absolute Gasteiger partial charge is 0.454 e. The van der Waals surface area contributed by atoms with Crippen LogP contribution in [-0.2, 0) is 20.9 Å². The third-order valence-electron chi connectivity index (χ3n) is 4.88. The zero-order chi connectivity index (χ0) is 22.5. The molecule has 1 heterocycles. The minimum atomic E-state index is -0.683. The zero-order valence-corrected chi connectivity index (χ0v) is 16.9. The van der Waals surface area contributed by atoms with Crippen LogP contribution in [0.3, 0.4) is 0 Å². The highest BCUT2D eigenvalue weighted by atomic mass is 16.5. The topological polar surface area (TPSA) is 106 Å². The van der Waals surface area contributed by atoms with Crippen molar-refractivity contribution < 1.29 is 19.1 Å². The van der Waals surface area contributed by atoms with E-state index in [2.05, 4.69) is 10.9 Å². The molecule has 8 heteroatoms. The maximum atomic E-state index is 12.8. The van der Waals surface area contributed by atoms with E-state index in [0.717, 1.165) is 0 Å². The van der Waals surface area contributed by atoms with E-state index in [1.807, 2.05) is 0 Å². The molecule has 0 atom stereocenters. The second-order valence-electron chi connectivity index (χ2n) is 6.98. The minimum Gasteiger partial charge on any atom is -0.454 e. The van der Waals surface area contributed by atoms with Crippen LogP contribution in [0.2, 0.25) is 0 Å². The van der Waals surface area contributed by atoms with Gasteiger partial charge in [-0.2, -0.15) is 0 Å². The predicted octanol–water partition coefficient (Wildman–Crippen LogP) is 2.16. The monoisotopic (exact) mass is 429 g/mol. The highest BCUT2D eigenvalue weighted by Crippen LogP contribution is 2.19. The van der Waals surface area contributed by atoms with E-state index in [1.54, 1.807) is 83.4 Å². The van der Waals surface area contributed by atoms with E-state index >= 15 is 0 Å². The second-order valence-corrected chi connectivity index (χ2v) is 6.98. The Balaban J connectivity index is 1.43. The summed E-state index contributed by atoms with van der Waals surface area (Å²) in [6.07, 6.45) is 0. The average Bonchev–Trinajstić information content (AvgIpc) is 2.84. The number of hydrogen-bond acceptors (Lipinski definition) is 5. The van der Waals surface area contributed by atoms with Gasteiger partial charge in [0.15, 0.2) is 12.0 Å². The summed E-state index contributed by atoms with van der Waals surface area (Å²) in [4.78, 5) is 49.1. The number of pyridine rings is 1. The molecule has 0 unspecified atom stereocenters. The summed E-state index contributed by atoms with van der Waals surface area (Å²) in [6, 6.07) is 22.3. The van der Waals surface area contributed by atoms with Crippen LogP contribution in [0.1, 0.15) is 10.4 Å². The molecule has 4 rings (SSSR count). The summed E-state index contributed by atoms with van der Waals surface area (Å²) in [6.45, 7) is -0.755. The van der Waals surface area contributed by atoms with Gasteiger partial charge in [0.25, 0.3) is 11.8 Å². The summed E-state index contributed by atoms with van der Waals surface area (Å²) in [5.41, 5.74) is 5.90. The standard InChI is InChI=1S/C24H19N3O5/c28-21(25-26-24(31)16-8-2-1-3-9-16)15-32-22(29)14-27-19-12-6-4-10-17(19)23(30)18-11-5-7-13-20(18)27/h1-13H,14-15H2,(H,25,28)(H,26,31). The van der Waals surface area contributed by atoms with Crippen LogP contribution in [-0.4, -0.2) is 29.0 Å². The molecule has 0 saturated carbocycles. The molecular formula is C24H19N3O5. The molecule has 0 saturated heterocycles. The minimum absolute atomic E-state index is 0.116. The van der Waals surface area contributed by atoms with Crippen molar-refractivity contribution in [1.29, 1.82) is 0 Å². The number of nitrogens with zero attached hydrogens (tertiary/aromatic N) is 1. The lowest BCUT2D eigenvalue weighted by Crippen LogP contribution is -2.43. The van der Waals surface area contributed by atoms with E-state index < -0.39 is 24.4 Å². The highest BCUT2D eigenvalue weighted by Gasteiger charge is 2.15. The van der Waals surface area contributed by atoms with Crippen molar-refractivity contribution >= 4 is 39.6 Å². The Morgan fingerprint density at radius 1 is 0.750 bits per heavy atom. The van der Waals surface area contributed by atoms with E-state index in [9.17, 15) is 19.2 Å². The van der Waals surface area contributed by atoms with Gasteiger partial charge in [0.2, 0.25) is 0 Å². The molecule has 2 N–H and O–H groups in total. The fourth-order valence-corrected chi connectivity index (χ4v) is 3.39. The molecule has 32 heavy (non-hydrogen) atoms. The van der Waals surface area contributed by atoms with E-state index in [-0.39, 0.29) is 12.0 Å². The smallest absolute Gasteiger partial charge is 0.326 e. The summed E-state index contributed by atoms with van der Waals surface area (Å²) in [7, 11) is 0. The molecule has 3 aromatic carbocycles. The number of esters is 1. The highest BCUT2D eigenvalue weighted by molar-refractivity contribution is 5.96. The SMILES string of the molecule is O=C(COC(=O)Cn1c2ccccc2c(=O)c2ccccc21)NNC(=O)c1ccccc1. The van der Waals surface area contributed by atoms with Gasteiger partial charge in [-0.25, -0.2) is 0 Å². The third-order valence-corrected chi connectivity index (χ3v) is 4.88. The van der Waals surface area contributed by atoms with E-state index in [1.165, 1.54) is 0 Å². The molecule has 0 aliphatic carbocycles. The summed E-state index contributed by atoms with van der Waals surface area (Å²) >= 11 is 0. The molecule has 8 nitrogen and oxygen atoms in total. The Bertz CT molecular complexity index is 1320. The van der Waals surface area contributed by atoms with Crippen LogP contribution in [0.4, 0.5) is 0 Å². The van der Waals surface area contributed by atoms with E-state index in [0.29, 0.717) is 27.4 Å². The van der Waals surface area contributed by atoms with Crippen molar-refractivity contribution in [2.45, 2.75) is 6.54 Å². The van der Waals surface area contributed by atoms with Gasteiger partial charge in [0.05, 0.1) is 11.0 Å². The number of carbonyl (C=O) groups is 3. The van der Waals surface area contributed by atoms with Gasteiger partial charge in [-0.3, -0.25) is 30.0 Å². The molecule has 160 valence electrons. The van der Waals surface area contributed by atoms with Gasteiger partial charge in [-0.05, 0) is 36.4 Å². The first-order valence-corrected chi connectivity index (χ1v) is 9.85. The van der Waals surface area contributed by atoms with Crippen LogP contribution in [0.25, 0.3) is 21.8 Å². The Hall–Kier alpha value is -4.46. The number of hydrazine groups is 1. The lowest BCUT2D eigenvalue weighted by Gasteiger charge is -2.14. The molecule has 0 aliphatic rings. The predicted molar refractivity (Wildman–Crippen MR) is 119 cm³/mol. The van der Waals surface area contributed by atoms with Gasteiger partial charge in [-0.1, -0.05) is 42.5 Å². The summed E-state index contributed by atoms with van der Waals surface area (Å²) < 4.78 is 6.76. The number of rotatable bonds is 5. The molecule has 0 bridgehead atoms. The molecule has 0 aliphatic heterocycles. The Kier molecular flexibility index (Phi) is 5.94. The number of amides is 2. The van der Waals surface area contributed by atoms with Crippen LogP contribution in [0.15, 0.2) is 83.7 Å². The molecule has 2 amide bonds. The van der Waals surface area contributed by atoms with Crippen molar-refractivity contribution in [3.8, 4) is 0 Å². The lowest BCUT2D eigenvalue weighted by molar-refractivity contribution is -0.149. The fraction of sp³-hybridized carbons (Fsp3) is 0.0833. The van der Waals surface area contributed by atoms with Gasteiger partial charge < -0.3 is 9.30 Å². The van der Waals surface area contributed by atoms with Gasteiger partial charge in [0.1, 0.15) is 6.54 Å². The number of aromatic nitrogens is 1. The lowest BCUT2D eigenvalue weighted by atomic mass is 10.1. The maximum absolute atomic E-state index is 12.8. The fourth-order valence-electron chi connectivity index (χ4n) is 3.39. The molecule has 0 spiro atoms. The van der Waals surface area contributed by atoms with Crippen LogP contribution in [0, 0.1) is 0 Å². The van der Waals surface area contributed by atoms with Crippen LogP contribution >= 0.6 is 0 Å². The average molecular weight is 429 g/mol. The number of hydrogen-bond donors (Lipinski definition) is 2. The van der Waals surface area contributed by atoms with Gasteiger partial charge >= 0.3 is 5.97 Å². The molecule has 1 aromatic heterocycles. The maximum Gasteiger partial charge on any atom is 0.326 e. The zero-order valence-electron chi connectivity index (χ0n) is 16.9. The first kappa shape index (κ1) is 20.8. The van der Waals surface area contributed by atoms with Crippen LogP contribution < -0.4 is 16.3 Å². The molecule has 0 radical (unpaired) electrons. The van der Waals surface area contributed by atoms with Gasteiger partial charge in [0, 0.05) is 16.3 Å². The number of para-hydroxylation sites is 2. The number of nitrogens with one attached hydrogen (secondary N) is 2. The summed E-state index contributed by atoms with van der Waals surface area (Å²) in [5.74, 6) is -1.83. The number of carbonyl (C=O) groups excluding carboxylic acids is 3. The Morgan fingerprint density at radius 3 is 1.94 bits per heavy atom. The first-order chi connectivity index (χ1) is 15.5. The van der Waals surface area contributed by atoms with Crippen LogP contribution in [0.5, 0.6) is 0 Å². The molecule has 4 aromatic rings. The van der Waals surface area contributed by atoms with Crippen molar-refractivity contribution in [3.63, 3.8) is 0 Å².